The predicted molar refractivity (Wildman–Crippen MR) is 135 cm³/mol. The van der Waals surface area contributed by atoms with Gasteiger partial charge in [0.05, 0.1) is 0 Å². The number of ketones is 1. The molecule has 0 aromatic heterocycles. The summed E-state index contributed by atoms with van der Waals surface area (Å²) in [6, 6.07) is 18.8. The van der Waals surface area contributed by atoms with Crippen LogP contribution in [-0.2, 0) is 4.79 Å². The zero-order chi connectivity index (χ0) is 23.5. The maximum atomic E-state index is 13.9. The van der Waals surface area contributed by atoms with Gasteiger partial charge in [0.1, 0.15) is 0 Å². The topological polar surface area (TPSA) is 46.2 Å². The van der Waals surface area contributed by atoms with Crippen LogP contribution < -0.4 is 5.32 Å². The van der Waals surface area contributed by atoms with E-state index in [9.17, 15) is 9.59 Å². The standard InChI is InChI=1S/C31H35NO2/c1-30-17-15-25-23(11-14-27-31(25,2)18-16-28(33)32-27)24(30)12-13-26(30)29(34)22-10-6-9-21(19-22)20-7-4-3-5-8-20/h3-10,16,18-19,23-27H,11-15,17H2,1-2H3,(H,32,33)/t23-,24-,25+,26?,27?,30-,31+/m0/s1. The lowest BCUT2D eigenvalue weighted by molar-refractivity contribution is -0.122. The van der Waals surface area contributed by atoms with E-state index in [1.807, 2.05) is 30.3 Å². The van der Waals surface area contributed by atoms with Crippen LogP contribution in [0.2, 0.25) is 0 Å². The van der Waals surface area contributed by atoms with Crippen LogP contribution in [0.25, 0.3) is 11.1 Å². The van der Waals surface area contributed by atoms with Gasteiger partial charge < -0.3 is 5.32 Å². The van der Waals surface area contributed by atoms with Crippen molar-refractivity contribution in [2.45, 2.75) is 58.4 Å². The van der Waals surface area contributed by atoms with E-state index in [4.69, 9.17) is 0 Å². The summed E-state index contributed by atoms with van der Waals surface area (Å²) in [5.41, 5.74) is 3.26. The third-order valence-corrected chi connectivity index (χ3v) is 10.3. The molecule has 3 fully saturated rings. The first-order valence-corrected chi connectivity index (χ1v) is 13.1. The van der Waals surface area contributed by atoms with Crippen molar-refractivity contribution in [1.82, 2.24) is 5.32 Å². The van der Waals surface area contributed by atoms with Crippen molar-refractivity contribution in [1.29, 1.82) is 0 Å². The molecule has 0 radical (unpaired) electrons. The summed E-state index contributed by atoms with van der Waals surface area (Å²) in [5.74, 6) is 2.35. The molecule has 34 heavy (non-hydrogen) atoms. The van der Waals surface area contributed by atoms with Gasteiger partial charge in [0.15, 0.2) is 5.78 Å². The summed E-state index contributed by atoms with van der Waals surface area (Å²) in [5, 5.41) is 3.25. The molecule has 2 aromatic rings. The number of carbonyl (C=O) groups is 2. The van der Waals surface area contributed by atoms with Gasteiger partial charge in [-0.05, 0) is 85.0 Å². The number of benzene rings is 2. The Balaban J connectivity index is 1.27. The van der Waals surface area contributed by atoms with Gasteiger partial charge in [-0.15, -0.1) is 0 Å². The summed E-state index contributed by atoms with van der Waals surface area (Å²) in [6.45, 7) is 4.77. The maximum Gasteiger partial charge on any atom is 0.243 e. The average Bonchev–Trinajstić information content (AvgIpc) is 3.22. The van der Waals surface area contributed by atoms with E-state index in [1.165, 1.54) is 6.42 Å². The first kappa shape index (κ1) is 21.8. The third-order valence-electron chi connectivity index (χ3n) is 10.3. The van der Waals surface area contributed by atoms with E-state index in [0.29, 0.717) is 23.5 Å². The minimum atomic E-state index is 0.0459. The second-order valence-corrected chi connectivity index (χ2v) is 11.7. The Morgan fingerprint density at radius 1 is 0.882 bits per heavy atom. The fourth-order valence-electron chi connectivity index (χ4n) is 8.45. The molecule has 0 spiro atoms. The van der Waals surface area contributed by atoms with Crippen molar-refractivity contribution >= 4 is 11.7 Å². The molecule has 7 atom stereocenters. The van der Waals surface area contributed by atoms with Crippen LogP contribution in [0, 0.1) is 34.5 Å². The fraction of sp³-hybridized carbons (Fsp3) is 0.484. The predicted octanol–water partition coefficient (Wildman–Crippen LogP) is 6.45. The van der Waals surface area contributed by atoms with Gasteiger partial charge in [-0.1, -0.05) is 68.5 Å². The highest BCUT2D eigenvalue weighted by Crippen LogP contribution is 2.65. The lowest BCUT2D eigenvalue weighted by atomic mass is 9.47. The molecule has 3 heteroatoms. The van der Waals surface area contributed by atoms with Crippen molar-refractivity contribution in [3.05, 3.63) is 72.3 Å². The highest BCUT2D eigenvalue weighted by molar-refractivity contribution is 5.99. The summed E-state index contributed by atoms with van der Waals surface area (Å²) >= 11 is 0. The molecule has 1 N–H and O–H groups in total. The molecular formula is C31H35NO2. The average molecular weight is 454 g/mol. The molecule has 1 amide bonds. The summed E-state index contributed by atoms with van der Waals surface area (Å²) in [6.07, 6.45) is 10.6. The number of carbonyl (C=O) groups excluding carboxylic acids is 2. The molecule has 0 saturated heterocycles. The van der Waals surface area contributed by atoms with Gasteiger partial charge in [0.2, 0.25) is 5.91 Å². The van der Waals surface area contributed by atoms with Crippen LogP contribution in [0.1, 0.15) is 62.7 Å². The van der Waals surface area contributed by atoms with Crippen LogP contribution in [-0.4, -0.2) is 17.7 Å². The fourth-order valence-corrected chi connectivity index (χ4v) is 8.45. The first-order chi connectivity index (χ1) is 16.4. The van der Waals surface area contributed by atoms with Gasteiger partial charge in [-0.25, -0.2) is 0 Å². The molecule has 176 valence electrons. The number of hydrogen-bond donors (Lipinski definition) is 1. The molecule has 3 saturated carbocycles. The highest BCUT2D eigenvalue weighted by Gasteiger charge is 2.60. The zero-order valence-electron chi connectivity index (χ0n) is 20.3. The smallest absolute Gasteiger partial charge is 0.243 e. The van der Waals surface area contributed by atoms with E-state index in [-0.39, 0.29) is 28.7 Å². The van der Waals surface area contributed by atoms with Gasteiger partial charge >= 0.3 is 0 Å². The second kappa shape index (κ2) is 7.93. The molecule has 3 aliphatic carbocycles. The van der Waals surface area contributed by atoms with Crippen molar-refractivity contribution in [3.63, 3.8) is 0 Å². The maximum absolute atomic E-state index is 13.9. The largest absolute Gasteiger partial charge is 0.349 e. The van der Waals surface area contributed by atoms with Crippen molar-refractivity contribution in [2.75, 3.05) is 0 Å². The number of amides is 1. The Kier molecular flexibility index (Phi) is 5.09. The zero-order valence-corrected chi connectivity index (χ0v) is 20.3. The lowest BCUT2D eigenvalue weighted by Crippen LogP contribution is -2.59. The van der Waals surface area contributed by atoms with Crippen molar-refractivity contribution in [3.8, 4) is 11.1 Å². The van der Waals surface area contributed by atoms with Crippen molar-refractivity contribution in [2.24, 2.45) is 34.5 Å². The van der Waals surface area contributed by atoms with Crippen LogP contribution in [0.4, 0.5) is 0 Å². The lowest BCUT2D eigenvalue weighted by Gasteiger charge is -2.58. The van der Waals surface area contributed by atoms with Gasteiger partial charge in [0.25, 0.3) is 0 Å². The molecular weight excluding hydrogens is 418 g/mol. The van der Waals surface area contributed by atoms with Crippen LogP contribution >= 0.6 is 0 Å². The number of rotatable bonds is 3. The van der Waals surface area contributed by atoms with Crippen LogP contribution in [0.3, 0.4) is 0 Å². The number of nitrogens with one attached hydrogen (secondary N) is 1. The first-order valence-electron chi connectivity index (χ1n) is 13.1. The Morgan fingerprint density at radius 2 is 1.68 bits per heavy atom. The highest BCUT2D eigenvalue weighted by atomic mass is 16.1. The molecule has 3 nitrogen and oxygen atoms in total. The van der Waals surface area contributed by atoms with E-state index < -0.39 is 0 Å². The summed E-state index contributed by atoms with van der Waals surface area (Å²) < 4.78 is 0. The normalized spacial score (nSPS) is 38.4. The van der Waals surface area contributed by atoms with Crippen LogP contribution in [0.15, 0.2) is 66.7 Å². The number of hydrogen-bond acceptors (Lipinski definition) is 2. The Bertz CT molecular complexity index is 1150. The van der Waals surface area contributed by atoms with E-state index in [2.05, 4.69) is 49.5 Å². The molecule has 4 aliphatic rings. The monoisotopic (exact) mass is 453 g/mol. The Labute approximate surface area is 203 Å². The van der Waals surface area contributed by atoms with E-state index in [1.54, 1.807) is 6.08 Å². The molecule has 0 bridgehead atoms. The Hall–Kier alpha value is -2.68. The molecule has 1 heterocycles. The van der Waals surface area contributed by atoms with Crippen LogP contribution in [0.5, 0.6) is 0 Å². The minimum absolute atomic E-state index is 0.0459. The van der Waals surface area contributed by atoms with Gasteiger partial charge in [-0.3, -0.25) is 9.59 Å². The molecule has 1 aliphatic heterocycles. The number of fused-ring (bicyclic) bond motifs is 5. The van der Waals surface area contributed by atoms with Gasteiger partial charge in [-0.2, -0.15) is 0 Å². The quantitative estimate of drug-likeness (QED) is 0.543. The SMILES string of the molecule is C[C@]12C=CC(=O)NC1CC[C@@H]1[C@H]2CC[C@]2(C)C(C(=O)c3cccc(-c4ccccc4)c3)CC[C@@H]12. The molecule has 6 rings (SSSR count). The summed E-state index contributed by atoms with van der Waals surface area (Å²) in [4.78, 5) is 25.9. The van der Waals surface area contributed by atoms with Crippen molar-refractivity contribution < 1.29 is 9.59 Å². The Morgan fingerprint density at radius 3 is 2.50 bits per heavy atom. The third kappa shape index (κ3) is 3.23. The molecule has 2 aromatic carbocycles. The second-order valence-electron chi connectivity index (χ2n) is 11.7. The minimum Gasteiger partial charge on any atom is -0.349 e. The number of Topliss-reactive ketones (excluding diaryl/α,β-unsaturated/α-hetero) is 1. The summed E-state index contributed by atoms with van der Waals surface area (Å²) in [7, 11) is 0. The van der Waals surface area contributed by atoms with E-state index >= 15 is 0 Å². The molecule has 2 unspecified atom stereocenters. The van der Waals surface area contributed by atoms with E-state index in [0.717, 1.165) is 48.8 Å². The van der Waals surface area contributed by atoms with Gasteiger partial charge in [0, 0.05) is 22.9 Å².